The number of rotatable bonds is 6. The Morgan fingerprint density at radius 2 is 1.81 bits per heavy atom. The Morgan fingerprint density at radius 1 is 0.926 bits per heavy atom. The second-order valence-electron chi connectivity index (χ2n) is 6.25. The fourth-order valence-corrected chi connectivity index (χ4v) is 3.51. The number of pyridine rings is 2. The van der Waals surface area contributed by atoms with E-state index in [4.69, 9.17) is 4.74 Å². The Morgan fingerprint density at radius 3 is 2.52 bits per heavy atom. The second kappa shape index (κ2) is 8.10. The van der Waals surface area contributed by atoms with Gasteiger partial charge < -0.3 is 4.74 Å². The van der Waals surface area contributed by atoms with Crippen LogP contribution in [-0.4, -0.2) is 15.0 Å². The van der Waals surface area contributed by atoms with E-state index >= 15 is 0 Å². The van der Waals surface area contributed by atoms with Crippen LogP contribution in [0.2, 0.25) is 0 Å². The van der Waals surface area contributed by atoms with Crippen molar-refractivity contribution >= 4 is 11.3 Å². The quantitative estimate of drug-likeness (QED) is 0.449. The van der Waals surface area contributed by atoms with Gasteiger partial charge in [0.2, 0.25) is 5.88 Å². The highest BCUT2D eigenvalue weighted by Crippen LogP contribution is 2.27. The van der Waals surface area contributed by atoms with Gasteiger partial charge in [0.05, 0.1) is 10.4 Å². The maximum Gasteiger partial charge on any atom is 0.219 e. The lowest BCUT2D eigenvalue weighted by atomic mass is 10.1. The van der Waals surface area contributed by atoms with Crippen molar-refractivity contribution < 1.29 is 4.74 Å². The van der Waals surface area contributed by atoms with Crippen molar-refractivity contribution in [3.8, 4) is 22.1 Å². The molecule has 3 aromatic heterocycles. The van der Waals surface area contributed by atoms with Gasteiger partial charge in [0, 0.05) is 30.4 Å². The number of aryl methyl sites for hydroxylation is 3. The van der Waals surface area contributed by atoms with E-state index in [0.717, 1.165) is 34.7 Å². The molecular weight excluding hydrogens is 354 g/mol. The molecule has 0 aliphatic carbocycles. The molecule has 4 nitrogen and oxygen atoms in total. The molecule has 1 aromatic carbocycles. The van der Waals surface area contributed by atoms with Crippen molar-refractivity contribution in [1.29, 1.82) is 0 Å². The van der Waals surface area contributed by atoms with E-state index in [9.17, 15) is 0 Å². The van der Waals surface area contributed by atoms with Crippen molar-refractivity contribution in [1.82, 2.24) is 15.0 Å². The number of thiazole rings is 1. The zero-order valence-electron chi connectivity index (χ0n) is 15.0. The number of ether oxygens (including phenoxy) is 1. The molecule has 27 heavy (non-hydrogen) atoms. The summed E-state index contributed by atoms with van der Waals surface area (Å²) in [4.78, 5) is 14.0. The van der Waals surface area contributed by atoms with E-state index in [1.807, 2.05) is 61.2 Å². The predicted molar refractivity (Wildman–Crippen MR) is 108 cm³/mol. The fraction of sp³-hybridized carbons (Fsp3) is 0.136. The zero-order chi connectivity index (χ0) is 18.5. The molecule has 4 aromatic rings. The highest BCUT2D eigenvalue weighted by atomic mass is 32.1. The van der Waals surface area contributed by atoms with Crippen LogP contribution >= 0.6 is 11.3 Å². The molecular formula is C22H19N3OS. The highest BCUT2D eigenvalue weighted by Gasteiger charge is 2.06. The first-order valence-corrected chi connectivity index (χ1v) is 9.68. The first-order valence-electron chi connectivity index (χ1n) is 8.80. The third kappa shape index (κ3) is 4.38. The summed E-state index contributed by atoms with van der Waals surface area (Å²) < 4.78 is 5.92. The van der Waals surface area contributed by atoms with Crippen LogP contribution in [0.15, 0.2) is 72.6 Å². The van der Waals surface area contributed by atoms with Gasteiger partial charge in [-0.15, -0.1) is 11.3 Å². The van der Waals surface area contributed by atoms with Crippen LogP contribution in [0.1, 0.15) is 16.8 Å². The summed E-state index contributed by atoms with van der Waals surface area (Å²) in [6.45, 7) is 2.03. The third-order valence-electron chi connectivity index (χ3n) is 4.37. The molecule has 0 unspecified atom stereocenters. The van der Waals surface area contributed by atoms with Gasteiger partial charge in [-0.1, -0.05) is 12.1 Å². The Kier molecular flexibility index (Phi) is 5.21. The summed E-state index contributed by atoms with van der Waals surface area (Å²) in [5.74, 6) is 1.39. The lowest BCUT2D eigenvalue weighted by molar-refractivity contribution is 0.461. The summed E-state index contributed by atoms with van der Waals surface area (Å²) in [5.41, 5.74) is 6.44. The van der Waals surface area contributed by atoms with E-state index in [1.54, 1.807) is 17.5 Å². The van der Waals surface area contributed by atoms with E-state index in [2.05, 4.69) is 27.1 Å². The first-order chi connectivity index (χ1) is 13.3. The number of benzene rings is 1. The standard InChI is InChI=1S/C22H19N3OS/c1-16-18(5-4-17-3-2-12-23-13-17)8-11-22(25-16)26-20-9-6-19(7-10-20)21-14-24-15-27-21/h2-3,6-15H,4-5H2,1H3. The Balaban J connectivity index is 1.41. The largest absolute Gasteiger partial charge is 0.439 e. The van der Waals surface area contributed by atoms with E-state index in [0.29, 0.717) is 5.88 Å². The van der Waals surface area contributed by atoms with Crippen molar-refractivity contribution in [2.24, 2.45) is 0 Å². The SMILES string of the molecule is Cc1nc(Oc2ccc(-c3cncs3)cc2)ccc1CCc1cccnc1. The van der Waals surface area contributed by atoms with Gasteiger partial charge >= 0.3 is 0 Å². The number of aromatic nitrogens is 3. The molecule has 0 atom stereocenters. The van der Waals surface area contributed by atoms with Gasteiger partial charge in [0.15, 0.2) is 0 Å². The minimum Gasteiger partial charge on any atom is -0.439 e. The van der Waals surface area contributed by atoms with Crippen molar-refractivity contribution in [2.45, 2.75) is 19.8 Å². The van der Waals surface area contributed by atoms with Gasteiger partial charge in [0.1, 0.15) is 5.75 Å². The molecule has 134 valence electrons. The van der Waals surface area contributed by atoms with Crippen molar-refractivity contribution in [3.63, 3.8) is 0 Å². The van der Waals surface area contributed by atoms with Gasteiger partial charge in [-0.2, -0.15) is 0 Å². The molecule has 0 aliphatic rings. The molecule has 0 saturated heterocycles. The first kappa shape index (κ1) is 17.4. The minimum absolute atomic E-state index is 0.614. The van der Waals surface area contributed by atoms with Crippen LogP contribution in [0.3, 0.4) is 0 Å². The Hall–Kier alpha value is -3.05. The lowest BCUT2D eigenvalue weighted by Gasteiger charge is -2.09. The van der Waals surface area contributed by atoms with Crippen LogP contribution in [0.25, 0.3) is 10.4 Å². The van der Waals surface area contributed by atoms with Crippen LogP contribution in [0.4, 0.5) is 0 Å². The van der Waals surface area contributed by atoms with Gasteiger partial charge in [-0.05, 0) is 66.8 Å². The number of hydrogen-bond acceptors (Lipinski definition) is 5. The number of nitrogens with zero attached hydrogens (tertiary/aromatic N) is 3. The van der Waals surface area contributed by atoms with Crippen LogP contribution < -0.4 is 4.74 Å². The smallest absolute Gasteiger partial charge is 0.219 e. The molecule has 0 fully saturated rings. The molecule has 4 rings (SSSR count). The summed E-state index contributed by atoms with van der Waals surface area (Å²) in [5, 5.41) is 0. The van der Waals surface area contributed by atoms with Gasteiger partial charge in [-0.25, -0.2) is 4.98 Å². The second-order valence-corrected chi connectivity index (χ2v) is 7.13. The van der Waals surface area contributed by atoms with E-state index in [1.165, 1.54) is 11.1 Å². The van der Waals surface area contributed by atoms with Crippen LogP contribution in [0.5, 0.6) is 11.6 Å². The average molecular weight is 373 g/mol. The fourth-order valence-electron chi connectivity index (χ4n) is 2.88. The molecule has 5 heteroatoms. The molecule has 0 amide bonds. The summed E-state index contributed by atoms with van der Waals surface area (Å²) in [6, 6.07) is 16.1. The Labute approximate surface area is 162 Å². The number of hydrogen-bond donors (Lipinski definition) is 0. The monoisotopic (exact) mass is 373 g/mol. The molecule has 0 spiro atoms. The van der Waals surface area contributed by atoms with Crippen LogP contribution in [-0.2, 0) is 12.8 Å². The van der Waals surface area contributed by atoms with E-state index in [-0.39, 0.29) is 0 Å². The van der Waals surface area contributed by atoms with E-state index < -0.39 is 0 Å². The molecule has 0 N–H and O–H groups in total. The minimum atomic E-state index is 0.614. The lowest BCUT2D eigenvalue weighted by Crippen LogP contribution is -1.98. The molecule has 0 saturated carbocycles. The van der Waals surface area contributed by atoms with Crippen LogP contribution in [0, 0.1) is 6.92 Å². The van der Waals surface area contributed by atoms with Crippen molar-refractivity contribution in [2.75, 3.05) is 0 Å². The van der Waals surface area contributed by atoms with Crippen molar-refractivity contribution in [3.05, 3.63) is 89.5 Å². The third-order valence-corrected chi connectivity index (χ3v) is 5.19. The molecule has 0 bridgehead atoms. The molecule has 0 radical (unpaired) electrons. The summed E-state index contributed by atoms with van der Waals surface area (Å²) in [7, 11) is 0. The molecule has 3 heterocycles. The maximum atomic E-state index is 5.92. The summed E-state index contributed by atoms with van der Waals surface area (Å²) >= 11 is 1.62. The predicted octanol–water partition coefficient (Wildman–Crippen LogP) is 5.49. The summed E-state index contributed by atoms with van der Waals surface area (Å²) in [6.07, 6.45) is 7.47. The van der Waals surface area contributed by atoms with Gasteiger partial charge in [-0.3, -0.25) is 9.97 Å². The Bertz CT molecular complexity index is 1000. The van der Waals surface area contributed by atoms with Gasteiger partial charge in [0.25, 0.3) is 0 Å². The topological polar surface area (TPSA) is 47.9 Å². The maximum absolute atomic E-state index is 5.92. The average Bonchev–Trinajstić information content (AvgIpc) is 3.24. The normalized spacial score (nSPS) is 10.7. The molecule has 0 aliphatic heterocycles. The zero-order valence-corrected chi connectivity index (χ0v) is 15.8. The highest BCUT2D eigenvalue weighted by molar-refractivity contribution is 7.13.